The van der Waals surface area contributed by atoms with Gasteiger partial charge in [0.2, 0.25) is 0 Å². The summed E-state index contributed by atoms with van der Waals surface area (Å²) in [6.07, 6.45) is 2.60. The van der Waals surface area contributed by atoms with Crippen LogP contribution in [-0.4, -0.2) is 45.0 Å². The molecular weight excluding hydrogens is 166 g/mol. The largest absolute Gasteiger partial charge is 0.355 e. The number of piperidine rings is 1. The molecule has 0 aromatic heterocycles. The highest BCUT2D eigenvalue weighted by Gasteiger charge is 2.19. The smallest absolute Gasteiger partial charge is 0.169 e. The zero-order valence-corrected chi connectivity index (χ0v) is 8.95. The lowest BCUT2D eigenvalue weighted by molar-refractivity contribution is -0.119. The Balaban J connectivity index is 2.26. The van der Waals surface area contributed by atoms with Crippen LogP contribution in [0.3, 0.4) is 0 Å². The Morgan fingerprint density at radius 3 is 2.62 bits per heavy atom. The van der Waals surface area contributed by atoms with Crippen LogP contribution in [0.15, 0.2) is 0 Å². The monoisotopic (exact) mass is 187 g/mol. The first-order valence-corrected chi connectivity index (χ1v) is 5.04. The lowest BCUT2D eigenvalue weighted by Crippen LogP contribution is -2.40. The Bertz CT molecular complexity index is 137. The Kier molecular flexibility index (Phi) is 4.70. The van der Waals surface area contributed by atoms with Crippen molar-refractivity contribution < 1.29 is 9.47 Å². The predicted octanol–water partition coefficient (Wildman–Crippen LogP) is 1.34. The summed E-state index contributed by atoms with van der Waals surface area (Å²) in [5.74, 6) is 0.822. The molecule has 3 nitrogen and oxygen atoms in total. The van der Waals surface area contributed by atoms with Gasteiger partial charge in [-0.3, -0.25) is 4.90 Å². The van der Waals surface area contributed by atoms with Gasteiger partial charge in [-0.05, 0) is 25.3 Å². The summed E-state index contributed by atoms with van der Waals surface area (Å²) in [4.78, 5) is 2.42. The van der Waals surface area contributed by atoms with Gasteiger partial charge in [-0.15, -0.1) is 0 Å². The third-order valence-electron chi connectivity index (χ3n) is 2.67. The Morgan fingerprint density at radius 1 is 1.38 bits per heavy atom. The molecule has 0 radical (unpaired) electrons. The molecule has 1 unspecified atom stereocenters. The second kappa shape index (κ2) is 5.58. The normalized spacial score (nSPS) is 25.4. The molecule has 78 valence electrons. The van der Waals surface area contributed by atoms with E-state index in [2.05, 4.69) is 11.8 Å². The minimum atomic E-state index is -0.0645. The van der Waals surface area contributed by atoms with Gasteiger partial charge < -0.3 is 9.47 Å². The zero-order valence-electron chi connectivity index (χ0n) is 8.95. The lowest BCUT2D eigenvalue weighted by atomic mass is 10.0. The second-order valence-electron chi connectivity index (χ2n) is 3.91. The van der Waals surface area contributed by atoms with E-state index in [0.717, 1.165) is 12.5 Å². The molecule has 1 aliphatic rings. The molecule has 0 aromatic carbocycles. The molecule has 1 saturated heterocycles. The van der Waals surface area contributed by atoms with E-state index in [-0.39, 0.29) is 6.29 Å². The van der Waals surface area contributed by atoms with Crippen LogP contribution in [0, 0.1) is 5.92 Å². The highest BCUT2D eigenvalue weighted by Crippen LogP contribution is 2.15. The fourth-order valence-electron chi connectivity index (χ4n) is 1.91. The van der Waals surface area contributed by atoms with Crippen molar-refractivity contribution in [2.75, 3.05) is 33.9 Å². The Hall–Kier alpha value is -0.120. The van der Waals surface area contributed by atoms with Crippen LogP contribution in [0.1, 0.15) is 19.8 Å². The van der Waals surface area contributed by atoms with Gasteiger partial charge in [0.1, 0.15) is 0 Å². The molecule has 1 heterocycles. The molecule has 1 fully saturated rings. The molecule has 13 heavy (non-hydrogen) atoms. The third-order valence-corrected chi connectivity index (χ3v) is 2.67. The summed E-state index contributed by atoms with van der Waals surface area (Å²) in [6.45, 7) is 5.58. The molecule has 0 spiro atoms. The maximum absolute atomic E-state index is 5.17. The van der Waals surface area contributed by atoms with Gasteiger partial charge in [0.25, 0.3) is 0 Å². The van der Waals surface area contributed by atoms with Crippen molar-refractivity contribution >= 4 is 0 Å². The number of methoxy groups -OCH3 is 2. The van der Waals surface area contributed by atoms with Gasteiger partial charge in [0.05, 0.1) is 0 Å². The molecule has 0 aromatic rings. The minimum Gasteiger partial charge on any atom is -0.355 e. The molecule has 3 heteroatoms. The highest BCUT2D eigenvalue weighted by atomic mass is 16.7. The van der Waals surface area contributed by atoms with E-state index in [1.807, 2.05) is 0 Å². The number of hydrogen-bond acceptors (Lipinski definition) is 3. The van der Waals surface area contributed by atoms with Crippen LogP contribution in [0.25, 0.3) is 0 Å². The minimum absolute atomic E-state index is 0.0645. The summed E-state index contributed by atoms with van der Waals surface area (Å²) < 4.78 is 10.3. The van der Waals surface area contributed by atoms with Crippen LogP contribution < -0.4 is 0 Å². The molecule has 0 saturated carbocycles. The topological polar surface area (TPSA) is 21.7 Å². The first-order valence-electron chi connectivity index (χ1n) is 5.04. The van der Waals surface area contributed by atoms with E-state index in [9.17, 15) is 0 Å². The maximum atomic E-state index is 5.17. The van der Waals surface area contributed by atoms with Gasteiger partial charge in [0, 0.05) is 27.3 Å². The summed E-state index contributed by atoms with van der Waals surface area (Å²) in [6, 6.07) is 0. The van der Waals surface area contributed by atoms with Gasteiger partial charge >= 0.3 is 0 Å². The van der Waals surface area contributed by atoms with E-state index in [1.54, 1.807) is 14.2 Å². The van der Waals surface area contributed by atoms with Gasteiger partial charge in [-0.25, -0.2) is 0 Å². The van der Waals surface area contributed by atoms with Crippen LogP contribution >= 0.6 is 0 Å². The SMILES string of the molecule is COC(CN1CCCC(C)C1)OC. The van der Waals surface area contributed by atoms with Crippen molar-refractivity contribution in [2.45, 2.75) is 26.1 Å². The van der Waals surface area contributed by atoms with E-state index >= 15 is 0 Å². The molecule has 0 N–H and O–H groups in total. The van der Waals surface area contributed by atoms with Crippen LogP contribution in [0.4, 0.5) is 0 Å². The van der Waals surface area contributed by atoms with Crippen LogP contribution in [0.2, 0.25) is 0 Å². The van der Waals surface area contributed by atoms with E-state index in [0.29, 0.717) is 0 Å². The van der Waals surface area contributed by atoms with Crippen molar-refractivity contribution in [2.24, 2.45) is 5.92 Å². The van der Waals surface area contributed by atoms with Gasteiger partial charge in [-0.2, -0.15) is 0 Å². The number of nitrogens with zero attached hydrogens (tertiary/aromatic N) is 1. The molecule has 0 bridgehead atoms. The second-order valence-corrected chi connectivity index (χ2v) is 3.91. The van der Waals surface area contributed by atoms with Crippen molar-refractivity contribution in [3.05, 3.63) is 0 Å². The van der Waals surface area contributed by atoms with Crippen molar-refractivity contribution in [3.8, 4) is 0 Å². The maximum Gasteiger partial charge on any atom is 0.169 e. The third kappa shape index (κ3) is 3.63. The van der Waals surface area contributed by atoms with Gasteiger partial charge in [0.15, 0.2) is 6.29 Å². The number of hydrogen-bond donors (Lipinski definition) is 0. The fraction of sp³-hybridized carbons (Fsp3) is 1.00. The standard InChI is InChI=1S/C10H21NO2/c1-9-5-4-6-11(7-9)8-10(12-2)13-3/h9-10H,4-8H2,1-3H3. The van der Waals surface area contributed by atoms with E-state index < -0.39 is 0 Å². The van der Waals surface area contributed by atoms with E-state index in [1.165, 1.54) is 25.9 Å². The first kappa shape index (κ1) is 11.0. The quantitative estimate of drug-likeness (QED) is 0.620. The van der Waals surface area contributed by atoms with Crippen molar-refractivity contribution in [1.29, 1.82) is 0 Å². The van der Waals surface area contributed by atoms with Gasteiger partial charge in [-0.1, -0.05) is 6.92 Å². The van der Waals surface area contributed by atoms with Crippen LogP contribution in [-0.2, 0) is 9.47 Å². The van der Waals surface area contributed by atoms with Crippen LogP contribution in [0.5, 0.6) is 0 Å². The first-order chi connectivity index (χ1) is 6.26. The number of ether oxygens (including phenoxy) is 2. The van der Waals surface area contributed by atoms with E-state index in [4.69, 9.17) is 9.47 Å². The number of likely N-dealkylation sites (tertiary alicyclic amines) is 1. The lowest BCUT2D eigenvalue weighted by Gasteiger charge is -2.32. The molecule has 1 rings (SSSR count). The summed E-state index contributed by atoms with van der Waals surface area (Å²) in [7, 11) is 3.39. The Labute approximate surface area is 81.0 Å². The summed E-state index contributed by atoms with van der Waals surface area (Å²) >= 11 is 0. The highest BCUT2D eigenvalue weighted by molar-refractivity contribution is 4.70. The number of rotatable bonds is 4. The molecule has 1 atom stereocenters. The molecule has 1 aliphatic heterocycles. The molecule has 0 amide bonds. The molecular formula is C10H21NO2. The summed E-state index contributed by atoms with van der Waals surface area (Å²) in [5.41, 5.74) is 0. The fourth-order valence-corrected chi connectivity index (χ4v) is 1.91. The zero-order chi connectivity index (χ0) is 9.68. The average molecular weight is 187 g/mol. The summed E-state index contributed by atoms with van der Waals surface area (Å²) in [5, 5.41) is 0. The average Bonchev–Trinajstić information content (AvgIpc) is 2.14. The predicted molar refractivity (Wildman–Crippen MR) is 52.6 cm³/mol. The molecule has 0 aliphatic carbocycles. The van der Waals surface area contributed by atoms with Crippen molar-refractivity contribution in [1.82, 2.24) is 4.90 Å². The Morgan fingerprint density at radius 2 is 2.08 bits per heavy atom. The van der Waals surface area contributed by atoms with Crippen molar-refractivity contribution in [3.63, 3.8) is 0 Å².